The summed E-state index contributed by atoms with van der Waals surface area (Å²) in [5, 5.41) is 27.2. The molecule has 6 rings (SSSR count). The molecular formula is C32H38N4O8. The minimum atomic E-state index is -1.77. The number of alkyl carbamates (subject to hydrolysis) is 1. The van der Waals surface area contributed by atoms with E-state index in [0.29, 0.717) is 12.2 Å². The number of hydrogen-bond donors (Lipinski definition) is 2. The van der Waals surface area contributed by atoms with E-state index in [1.54, 1.807) is 13.2 Å². The largest absolute Gasteiger partial charge is 0.497 e. The first-order valence-electron chi connectivity index (χ1n) is 14.9. The van der Waals surface area contributed by atoms with Crippen LogP contribution in [0.1, 0.15) is 37.8 Å². The van der Waals surface area contributed by atoms with Crippen LogP contribution in [0.15, 0.2) is 54.6 Å². The van der Waals surface area contributed by atoms with Gasteiger partial charge in [0.2, 0.25) is 0 Å². The van der Waals surface area contributed by atoms with Crippen LogP contribution in [0.4, 0.5) is 16.2 Å². The first kappa shape index (κ1) is 29.9. The van der Waals surface area contributed by atoms with Crippen molar-refractivity contribution in [3.63, 3.8) is 0 Å². The Morgan fingerprint density at radius 1 is 1.20 bits per heavy atom. The summed E-state index contributed by atoms with van der Waals surface area (Å²) in [7, 11) is 3.53. The Labute approximate surface area is 255 Å². The van der Waals surface area contributed by atoms with Crippen molar-refractivity contribution in [2.75, 3.05) is 38.7 Å². The Morgan fingerprint density at radius 3 is 2.68 bits per heavy atom. The first-order valence-corrected chi connectivity index (χ1v) is 14.9. The maximum atomic E-state index is 13.1. The summed E-state index contributed by atoms with van der Waals surface area (Å²) in [5.74, 6) is 0.152. The molecule has 12 heteroatoms. The summed E-state index contributed by atoms with van der Waals surface area (Å²) in [6.07, 6.45) is 3.66. The Morgan fingerprint density at radius 2 is 1.98 bits per heavy atom. The van der Waals surface area contributed by atoms with E-state index < -0.39 is 45.6 Å². The Bertz CT molecular complexity index is 1530. The molecule has 4 aliphatic rings. The molecular weight excluding hydrogens is 568 g/mol. The second-order valence-corrected chi connectivity index (χ2v) is 12.2. The number of ether oxygens (including phenoxy) is 3. The number of hydrogen-bond acceptors (Lipinski definition) is 10. The third-order valence-corrected chi connectivity index (χ3v) is 10.3. The molecule has 12 nitrogen and oxygen atoms in total. The van der Waals surface area contributed by atoms with E-state index in [1.165, 1.54) is 25.1 Å². The van der Waals surface area contributed by atoms with Gasteiger partial charge in [-0.2, -0.15) is 0 Å². The molecule has 3 heterocycles. The minimum Gasteiger partial charge on any atom is -0.497 e. The molecule has 0 radical (unpaired) electrons. The number of carbonyl (C=O) groups excluding carboxylic acids is 2. The smallest absolute Gasteiger partial charge is 0.407 e. The molecule has 44 heavy (non-hydrogen) atoms. The molecule has 0 aromatic heterocycles. The fraction of sp³-hybridized carbons (Fsp3) is 0.500. The Hall–Kier alpha value is -4.16. The molecule has 1 aliphatic carbocycles. The van der Waals surface area contributed by atoms with Gasteiger partial charge in [-0.25, -0.2) is 4.79 Å². The Balaban J connectivity index is 1.41. The number of nitrogens with one attached hydrogen (secondary N) is 1. The summed E-state index contributed by atoms with van der Waals surface area (Å²) >= 11 is 0. The van der Waals surface area contributed by atoms with Crippen LogP contribution in [-0.2, 0) is 26.3 Å². The van der Waals surface area contributed by atoms with Crippen molar-refractivity contribution in [1.29, 1.82) is 0 Å². The van der Waals surface area contributed by atoms with Gasteiger partial charge in [-0.3, -0.25) is 19.8 Å². The lowest BCUT2D eigenvalue weighted by atomic mass is 9.47. The average molecular weight is 607 g/mol. The normalized spacial score (nSPS) is 31.5. The second-order valence-electron chi connectivity index (χ2n) is 12.2. The molecule has 1 spiro atoms. The molecule has 2 N–H and O–H groups in total. The number of nitrogens with zero attached hydrogens (tertiary/aromatic N) is 3. The van der Waals surface area contributed by atoms with Crippen molar-refractivity contribution in [3.8, 4) is 5.75 Å². The van der Waals surface area contributed by atoms with Crippen LogP contribution in [0.2, 0.25) is 0 Å². The van der Waals surface area contributed by atoms with Gasteiger partial charge in [0.15, 0.2) is 0 Å². The highest BCUT2D eigenvalue weighted by Gasteiger charge is 2.77. The lowest BCUT2D eigenvalue weighted by Gasteiger charge is -2.64. The monoisotopic (exact) mass is 606 g/mol. The zero-order valence-corrected chi connectivity index (χ0v) is 25.3. The van der Waals surface area contributed by atoms with Gasteiger partial charge in [0.25, 0.3) is 5.69 Å². The van der Waals surface area contributed by atoms with E-state index >= 15 is 0 Å². The molecule has 0 bridgehead atoms. The molecule has 1 unspecified atom stereocenters. The van der Waals surface area contributed by atoms with Crippen molar-refractivity contribution in [3.05, 3.63) is 75.9 Å². The predicted molar refractivity (Wildman–Crippen MR) is 160 cm³/mol. The molecule has 6 atom stereocenters. The highest BCUT2D eigenvalue weighted by molar-refractivity contribution is 5.72. The zero-order chi connectivity index (χ0) is 31.4. The number of aliphatic hydroxyl groups is 1. The summed E-state index contributed by atoms with van der Waals surface area (Å²) in [6, 6.07) is 11.3. The first-order chi connectivity index (χ1) is 21.0. The summed E-state index contributed by atoms with van der Waals surface area (Å²) in [6.45, 7) is 4.30. The third-order valence-electron chi connectivity index (χ3n) is 10.3. The summed E-state index contributed by atoms with van der Waals surface area (Å²) < 4.78 is 17.1. The molecule has 234 valence electrons. The topological polar surface area (TPSA) is 144 Å². The van der Waals surface area contributed by atoms with Crippen molar-refractivity contribution in [2.24, 2.45) is 5.41 Å². The van der Waals surface area contributed by atoms with Gasteiger partial charge in [0, 0.05) is 55.2 Å². The number of rotatable bonds is 8. The number of methoxy groups -OCH3 is 1. The number of para-hydroxylation sites is 1. The lowest BCUT2D eigenvalue weighted by molar-refractivity contribution is -0.385. The molecule has 1 amide bonds. The zero-order valence-electron chi connectivity index (χ0n) is 25.3. The van der Waals surface area contributed by atoms with Crippen LogP contribution >= 0.6 is 0 Å². The second kappa shape index (κ2) is 10.8. The van der Waals surface area contributed by atoms with Gasteiger partial charge in [-0.15, -0.1) is 0 Å². The molecule has 2 fully saturated rings. The maximum Gasteiger partial charge on any atom is 0.407 e. The third kappa shape index (κ3) is 4.18. The minimum absolute atomic E-state index is 0.0812. The van der Waals surface area contributed by atoms with Crippen LogP contribution in [0.25, 0.3) is 0 Å². The van der Waals surface area contributed by atoms with Gasteiger partial charge in [0.05, 0.1) is 30.2 Å². The number of anilines is 1. The van der Waals surface area contributed by atoms with Gasteiger partial charge >= 0.3 is 12.1 Å². The van der Waals surface area contributed by atoms with Crippen molar-refractivity contribution in [2.45, 2.75) is 62.5 Å². The number of benzene rings is 2. The number of amides is 1. The molecule has 2 aromatic carbocycles. The van der Waals surface area contributed by atoms with Gasteiger partial charge < -0.3 is 29.5 Å². The van der Waals surface area contributed by atoms with E-state index in [4.69, 9.17) is 14.2 Å². The van der Waals surface area contributed by atoms with Crippen molar-refractivity contribution >= 4 is 23.4 Å². The van der Waals surface area contributed by atoms with Gasteiger partial charge in [-0.1, -0.05) is 37.3 Å². The quantitative estimate of drug-likeness (QED) is 0.199. The highest BCUT2D eigenvalue weighted by Crippen LogP contribution is 2.67. The van der Waals surface area contributed by atoms with Gasteiger partial charge in [0.1, 0.15) is 24.1 Å². The molecule has 1 saturated carbocycles. The number of carbonyl (C=O) groups is 2. The van der Waals surface area contributed by atoms with Crippen molar-refractivity contribution < 1.29 is 33.8 Å². The van der Waals surface area contributed by atoms with Crippen LogP contribution in [0.3, 0.4) is 0 Å². The van der Waals surface area contributed by atoms with E-state index in [-0.39, 0.29) is 30.4 Å². The SMILES string of the molecule is CC[C@]12C=CCN3CC[C@@]4(c5ccc(OC)cc5N(C)[C@H]4C(O)(CNC(=O)OCc4ccccc4[N+](=O)[O-])[C@@H]1OC(C)=O)[C@@H]32. The van der Waals surface area contributed by atoms with Crippen LogP contribution in [0, 0.1) is 15.5 Å². The average Bonchev–Trinajstić information content (AvgIpc) is 3.53. The molecule has 1 saturated heterocycles. The number of esters is 1. The Kier molecular flexibility index (Phi) is 7.32. The van der Waals surface area contributed by atoms with E-state index in [0.717, 1.165) is 30.8 Å². The van der Waals surface area contributed by atoms with Crippen LogP contribution in [-0.4, -0.2) is 84.6 Å². The van der Waals surface area contributed by atoms with Crippen LogP contribution < -0.4 is 15.0 Å². The predicted octanol–water partition coefficient (Wildman–Crippen LogP) is 3.30. The van der Waals surface area contributed by atoms with Crippen molar-refractivity contribution in [1.82, 2.24) is 10.2 Å². The fourth-order valence-electron chi connectivity index (χ4n) is 8.86. The van der Waals surface area contributed by atoms with E-state index in [9.17, 15) is 24.8 Å². The lowest BCUT2D eigenvalue weighted by Crippen LogP contribution is -2.81. The number of nitro benzene ring substituents is 1. The highest BCUT2D eigenvalue weighted by atomic mass is 16.6. The number of fused-ring (bicyclic) bond motifs is 1. The molecule has 2 aromatic rings. The molecule has 3 aliphatic heterocycles. The summed E-state index contributed by atoms with van der Waals surface area (Å²) in [4.78, 5) is 41.2. The van der Waals surface area contributed by atoms with E-state index in [2.05, 4.69) is 28.4 Å². The number of likely N-dealkylation sites (N-methyl/N-ethyl adjacent to an activating group) is 1. The standard InChI is InChI=1S/C32H38N4O8/c1-5-30-13-8-15-35-16-14-31(26(30)35)23-12-11-22(42-4)17-25(23)34(3)27(31)32(39,28(30)44-20(2)37)19-33-29(38)43-18-21-9-6-7-10-24(21)36(40)41/h6-13,17,26-28,39H,5,14-16,18-19H2,1-4H3,(H,33,38)/t26-,27+,28+,30+,31+,32?/m0/s1. The maximum absolute atomic E-state index is 13.1. The summed E-state index contributed by atoms with van der Waals surface area (Å²) in [5.41, 5.74) is -0.999. The van der Waals surface area contributed by atoms with Crippen LogP contribution in [0.5, 0.6) is 5.75 Å². The van der Waals surface area contributed by atoms with Gasteiger partial charge in [-0.05, 0) is 37.1 Å². The fourth-order valence-corrected chi connectivity index (χ4v) is 8.86. The number of nitro groups is 1. The van der Waals surface area contributed by atoms with E-state index in [1.807, 2.05) is 31.0 Å².